The summed E-state index contributed by atoms with van der Waals surface area (Å²) in [6, 6.07) is 10.2. The number of hydrogen-bond donors (Lipinski definition) is 0. The van der Waals surface area contributed by atoms with E-state index in [9.17, 15) is 13.2 Å². The van der Waals surface area contributed by atoms with Crippen molar-refractivity contribution in [2.75, 3.05) is 32.8 Å². The van der Waals surface area contributed by atoms with E-state index in [-0.39, 0.29) is 23.9 Å². The summed E-state index contributed by atoms with van der Waals surface area (Å²) in [6.07, 6.45) is 1.58. The van der Waals surface area contributed by atoms with Crippen molar-refractivity contribution in [3.63, 3.8) is 0 Å². The van der Waals surface area contributed by atoms with Crippen molar-refractivity contribution >= 4 is 15.9 Å². The summed E-state index contributed by atoms with van der Waals surface area (Å²) in [5.74, 6) is 0.110. The Labute approximate surface area is 159 Å². The zero-order chi connectivity index (χ0) is 19.4. The largest absolute Gasteiger partial charge is 0.477 e. The fraction of sp³-hybridized carbons (Fsp3) is 0.368. The molecule has 7 nitrogen and oxygen atoms in total. The van der Waals surface area contributed by atoms with Crippen LogP contribution in [-0.2, 0) is 10.0 Å². The predicted molar refractivity (Wildman–Crippen MR) is 101 cm³/mol. The number of benzene rings is 1. The zero-order valence-corrected chi connectivity index (χ0v) is 16.3. The molecule has 0 aliphatic carbocycles. The van der Waals surface area contributed by atoms with Gasteiger partial charge in [-0.3, -0.25) is 4.79 Å². The molecule has 8 heteroatoms. The van der Waals surface area contributed by atoms with Gasteiger partial charge in [-0.1, -0.05) is 17.7 Å². The van der Waals surface area contributed by atoms with E-state index in [4.69, 9.17) is 4.74 Å². The molecule has 1 aromatic carbocycles. The summed E-state index contributed by atoms with van der Waals surface area (Å²) in [5.41, 5.74) is 1.40. The third kappa shape index (κ3) is 4.12. The Morgan fingerprint density at radius 2 is 1.78 bits per heavy atom. The van der Waals surface area contributed by atoms with Crippen molar-refractivity contribution in [2.45, 2.75) is 18.7 Å². The lowest BCUT2D eigenvalue weighted by atomic mass is 10.2. The van der Waals surface area contributed by atoms with Gasteiger partial charge in [0.2, 0.25) is 15.9 Å². The molecular weight excluding hydrogens is 366 g/mol. The molecule has 1 aromatic heterocycles. The molecular formula is C19H23N3O4S. The summed E-state index contributed by atoms with van der Waals surface area (Å²) >= 11 is 0. The minimum absolute atomic E-state index is 0.195. The molecule has 27 heavy (non-hydrogen) atoms. The van der Waals surface area contributed by atoms with Gasteiger partial charge in [0.1, 0.15) is 5.56 Å². The number of rotatable bonds is 5. The third-order valence-electron chi connectivity index (χ3n) is 4.47. The van der Waals surface area contributed by atoms with Gasteiger partial charge in [0.05, 0.1) is 11.5 Å². The van der Waals surface area contributed by atoms with Crippen molar-refractivity contribution in [3.8, 4) is 5.88 Å². The highest BCUT2D eigenvalue weighted by Gasteiger charge is 2.31. The number of nitrogens with zero attached hydrogens (tertiary/aromatic N) is 3. The lowest BCUT2D eigenvalue weighted by Crippen LogP contribution is -2.50. The standard InChI is InChI=1S/C19H23N3O4S/c1-3-26-18-17(5-4-10-20-18)19(23)21-11-13-22(14-12-21)27(24,25)16-8-6-15(2)7-9-16/h4-10H,3,11-14H2,1-2H3. The van der Waals surface area contributed by atoms with Gasteiger partial charge >= 0.3 is 0 Å². The number of aryl methyl sites for hydroxylation is 1. The van der Waals surface area contributed by atoms with Gasteiger partial charge in [-0.15, -0.1) is 0 Å². The van der Waals surface area contributed by atoms with Crippen molar-refractivity contribution in [3.05, 3.63) is 53.7 Å². The quantitative estimate of drug-likeness (QED) is 0.781. The van der Waals surface area contributed by atoms with Gasteiger partial charge in [0, 0.05) is 32.4 Å². The van der Waals surface area contributed by atoms with E-state index in [0.29, 0.717) is 31.1 Å². The molecule has 2 heterocycles. The molecule has 0 radical (unpaired) electrons. The molecule has 1 amide bonds. The monoisotopic (exact) mass is 389 g/mol. The maximum Gasteiger partial charge on any atom is 0.259 e. The van der Waals surface area contributed by atoms with Crippen LogP contribution in [0.3, 0.4) is 0 Å². The van der Waals surface area contributed by atoms with Crippen LogP contribution in [0.1, 0.15) is 22.8 Å². The second kappa shape index (κ2) is 8.06. The lowest BCUT2D eigenvalue weighted by molar-refractivity contribution is 0.0692. The Balaban J connectivity index is 1.70. The van der Waals surface area contributed by atoms with Gasteiger partial charge in [0.25, 0.3) is 5.91 Å². The van der Waals surface area contributed by atoms with Crippen LogP contribution in [0.25, 0.3) is 0 Å². The molecule has 0 N–H and O–H groups in total. The Morgan fingerprint density at radius 3 is 2.41 bits per heavy atom. The second-order valence-electron chi connectivity index (χ2n) is 6.30. The number of sulfonamides is 1. The van der Waals surface area contributed by atoms with Gasteiger partial charge in [0.15, 0.2) is 0 Å². The minimum Gasteiger partial charge on any atom is -0.477 e. The fourth-order valence-electron chi connectivity index (χ4n) is 2.97. The molecule has 0 bridgehead atoms. The van der Waals surface area contributed by atoms with Crippen molar-refractivity contribution < 1.29 is 17.9 Å². The summed E-state index contributed by atoms with van der Waals surface area (Å²) < 4.78 is 32.4. The normalized spacial score (nSPS) is 15.6. The maximum atomic E-state index is 12.8. The van der Waals surface area contributed by atoms with Crippen molar-refractivity contribution in [2.24, 2.45) is 0 Å². The van der Waals surface area contributed by atoms with E-state index < -0.39 is 10.0 Å². The number of hydrogen-bond acceptors (Lipinski definition) is 5. The summed E-state index contributed by atoms with van der Waals surface area (Å²) in [5, 5.41) is 0. The van der Waals surface area contributed by atoms with Gasteiger partial charge < -0.3 is 9.64 Å². The Morgan fingerprint density at radius 1 is 1.11 bits per heavy atom. The Bertz CT molecular complexity index is 905. The van der Waals surface area contributed by atoms with E-state index >= 15 is 0 Å². The van der Waals surface area contributed by atoms with Gasteiger partial charge in [-0.05, 0) is 38.1 Å². The molecule has 0 unspecified atom stereocenters. The van der Waals surface area contributed by atoms with Gasteiger partial charge in [-0.25, -0.2) is 13.4 Å². The predicted octanol–water partition coefficient (Wildman–Crippen LogP) is 1.94. The average molecular weight is 389 g/mol. The van der Waals surface area contributed by atoms with E-state index in [1.54, 1.807) is 47.5 Å². The minimum atomic E-state index is -3.55. The van der Waals surface area contributed by atoms with Crippen LogP contribution in [0.4, 0.5) is 0 Å². The highest BCUT2D eigenvalue weighted by molar-refractivity contribution is 7.89. The first-order chi connectivity index (χ1) is 12.9. The lowest BCUT2D eigenvalue weighted by Gasteiger charge is -2.34. The number of aromatic nitrogens is 1. The van der Waals surface area contributed by atoms with Crippen LogP contribution in [-0.4, -0.2) is 61.3 Å². The molecule has 144 valence electrons. The number of carbonyl (C=O) groups excluding carboxylic acids is 1. The Hall–Kier alpha value is -2.45. The van der Waals surface area contributed by atoms with Crippen molar-refractivity contribution in [1.29, 1.82) is 0 Å². The SMILES string of the molecule is CCOc1ncccc1C(=O)N1CCN(S(=O)(=O)c2ccc(C)cc2)CC1. The molecule has 3 rings (SSSR count). The molecule has 2 aromatic rings. The third-order valence-corrected chi connectivity index (χ3v) is 6.38. The first-order valence-corrected chi connectivity index (χ1v) is 10.3. The Kier molecular flexibility index (Phi) is 5.76. The maximum absolute atomic E-state index is 12.8. The number of piperazine rings is 1. The second-order valence-corrected chi connectivity index (χ2v) is 8.24. The highest BCUT2D eigenvalue weighted by atomic mass is 32.2. The number of amides is 1. The summed E-state index contributed by atoms with van der Waals surface area (Å²) in [6.45, 7) is 5.32. The molecule has 0 spiro atoms. The summed E-state index contributed by atoms with van der Waals surface area (Å²) in [4.78, 5) is 18.8. The van der Waals surface area contributed by atoms with Gasteiger partial charge in [-0.2, -0.15) is 4.31 Å². The smallest absolute Gasteiger partial charge is 0.259 e. The first kappa shape index (κ1) is 19.3. The number of pyridine rings is 1. The molecule has 1 saturated heterocycles. The molecule has 0 saturated carbocycles. The van der Waals surface area contributed by atoms with E-state index in [1.165, 1.54) is 4.31 Å². The van der Waals surface area contributed by atoms with E-state index in [1.807, 2.05) is 13.8 Å². The summed E-state index contributed by atoms with van der Waals surface area (Å²) in [7, 11) is -3.55. The molecule has 1 aliphatic heterocycles. The topological polar surface area (TPSA) is 79.8 Å². The van der Waals surface area contributed by atoms with E-state index in [2.05, 4.69) is 4.98 Å². The van der Waals surface area contributed by atoms with Crippen LogP contribution in [0.15, 0.2) is 47.5 Å². The van der Waals surface area contributed by atoms with E-state index in [0.717, 1.165) is 5.56 Å². The fourth-order valence-corrected chi connectivity index (χ4v) is 4.39. The molecule has 1 fully saturated rings. The zero-order valence-electron chi connectivity index (χ0n) is 15.5. The van der Waals surface area contributed by atoms with Crippen LogP contribution in [0, 0.1) is 6.92 Å². The number of carbonyl (C=O) groups is 1. The molecule has 1 aliphatic rings. The van der Waals surface area contributed by atoms with Crippen molar-refractivity contribution in [1.82, 2.24) is 14.2 Å². The van der Waals surface area contributed by atoms with Crippen LogP contribution in [0.5, 0.6) is 5.88 Å². The van der Waals surface area contributed by atoms with Crippen LogP contribution in [0.2, 0.25) is 0 Å². The average Bonchev–Trinajstić information content (AvgIpc) is 2.68. The molecule has 0 atom stereocenters. The highest BCUT2D eigenvalue weighted by Crippen LogP contribution is 2.21. The first-order valence-electron chi connectivity index (χ1n) is 8.87. The van der Waals surface area contributed by atoms with Crippen LogP contribution >= 0.6 is 0 Å². The van der Waals surface area contributed by atoms with Crippen LogP contribution < -0.4 is 4.74 Å². The number of ether oxygens (including phenoxy) is 1.